The number of fused-ring (bicyclic) bond motifs is 1. The number of anilines is 1. The second-order valence-corrected chi connectivity index (χ2v) is 6.24. The van der Waals surface area contributed by atoms with Gasteiger partial charge in [-0.2, -0.15) is 5.10 Å². The predicted octanol–water partition coefficient (Wildman–Crippen LogP) is 0.310. The Morgan fingerprint density at radius 3 is 2.75 bits per heavy atom. The predicted molar refractivity (Wildman–Crippen MR) is 71.3 cm³/mol. The second-order valence-electron chi connectivity index (χ2n) is 4.41. The first-order valence-electron chi connectivity index (χ1n) is 5.94. The summed E-state index contributed by atoms with van der Waals surface area (Å²) in [6, 6.07) is 5.96. The third kappa shape index (κ3) is 1.85. The summed E-state index contributed by atoms with van der Waals surface area (Å²) in [4.78, 5) is 12.2. The average Bonchev–Trinajstić information content (AvgIpc) is 2.96. The number of benzene rings is 1. The van der Waals surface area contributed by atoms with Crippen LogP contribution in [0, 0.1) is 0 Å². The molecule has 0 fully saturated rings. The Labute approximate surface area is 115 Å². The molecule has 0 atom stereocenters. The van der Waals surface area contributed by atoms with E-state index in [1.165, 1.54) is 18.2 Å². The Kier molecular flexibility index (Phi) is 2.75. The zero-order chi connectivity index (χ0) is 14.3. The number of amides is 1. The van der Waals surface area contributed by atoms with Crippen LogP contribution in [-0.2, 0) is 16.6 Å². The largest absolute Gasteiger partial charge is 0.399 e. The van der Waals surface area contributed by atoms with Crippen LogP contribution < -0.4 is 5.73 Å². The fourth-order valence-corrected chi connectivity index (χ4v) is 3.69. The van der Waals surface area contributed by atoms with E-state index >= 15 is 0 Å². The van der Waals surface area contributed by atoms with Gasteiger partial charge in [-0.05, 0) is 24.3 Å². The van der Waals surface area contributed by atoms with E-state index < -0.39 is 15.9 Å². The van der Waals surface area contributed by atoms with E-state index in [1.54, 1.807) is 23.1 Å². The highest BCUT2D eigenvalue weighted by Crippen LogP contribution is 2.31. The minimum atomic E-state index is -3.78. The number of nitrogens with zero attached hydrogens (tertiary/aromatic N) is 3. The number of nitrogens with two attached hydrogens (primary N) is 1. The number of hydrogen-bond donors (Lipinski definition) is 1. The van der Waals surface area contributed by atoms with Gasteiger partial charge in [-0.3, -0.25) is 9.48 Å². The van der Waals surface area contributed by atoms with Gasteiger partial charge < -0.3 is 5.73 Å². The van der Waals surface area contributed by atoms with Crippen molar-refractivity contribution in [1.82, 2.24) is 14.1 Å². The molecule has 0 bridgehead atoms. The molecule has 1 aromatic heterocycles. The normalized spacial score (nSPS) is 16.4. The van der Waals surface area contributed by atoms with Gasteiger partial charge in [0.25, 0.3) is 15.9 Å². The highest BCUT2D eigenvalue weighted by atomic mass is 32.2. The first-order chi connectivity index (χ1) is 9.50. The van der Waals surface area contributed by atoms with Crippen molar-refractivity contribution in [1.29, 1.82) is 0 Å². The van der Waals surface area contributed by atoms with Crippen LogP contribution in [0.25, 0.3) is 0 Å². The standard InChI is InChI=1S/C12H12N4O3S/c13-9-2-3-11-10(8-9)12(17)16(20(11,18)19)7-6-15-5-1-4-14-15/h1-5,8H,6-7,13H2. The van der Waals surface area contributed by atoms with Crippen molar-refractivity contribution in [3.8, 4) is 0 Å². The summed E-state index contributed by atoms with van der Waals surface area (Å²) in [5.74, 6) is -0.542. The molecule has 8 heteroatoms. The molecule has 1 aliphatic rings. The molecule has 2 aromatic rings. The van der Waals surface area contributed by atoms with Gasteiger partial charge in [0.1, 0.15) is 4.90 Å². The molecule has 3 rings (SSSR count). The first kappa shape index (κ1) is 12.7. The summed E-state index contributed by atoms with van der Waals surface area (Å²) >= 11 is 0. The SMILES string of the molecule is Nc1ccc2c(c1)C(=O)N(CCn1cccn1)S2(=O)=O. The molecular formula is C12H12N4O3S. The van der Waals surface area contributed by atoms with E-state index in [4.69, 9.17) is 5.73 Å². The minimum absolute atomic E-state index is 0.0113. The molecule has 0 radical (unpaired) electrons. The smallest absolute Gasteiger partial charge is 0.269 e. The summed E-state index contributed by atoms with van der Waals surface area (Å²) in [5, 5.41) is 3.98. The van der Waals surface area contributed by atoms with E-state index in [0.29, 0.717) is 12.2 Å². The average molecular weight is 292 g/mol. The molecule has 2 heterocycles. The molecule has 1 aliphatic heterocycles. The van der Waals surface area contributed by atoms with Gasteiger partial charge in [0.15, 0.2) is 0 Å². The lowest BCUT2D eigenvalue weighted by Gasteiger charge is -2.14. The quantitative estimate of drug-likeness (QED) is 0.821. The molecular weight excluding hydrogens is 280 g/mol. The van der Waals surface area contributed by atoms with E-state index in [9.17, 15) is 13.2 Å². The Morgan fingerprint density at radius 2 is 2.05 bits per heavy atom. The van der Waals surface area contributed by atoms with Crippen LogP contribution in [0.2, 0.25) is 0 Å². The van der Waals surface area contributed by atoms with Crippen LogP contribution >= 0.6 is 0 Å². The van der Waals surface area contributed by atoms with Gasteiger partial charge in [0.05, 0.1) is 18.7 Å². The maximum absolute atomic E-state index is 12.3. The third-order valence-electron chi connectivity index (χ3n) is 3.12. The number of sulfonamides is 1. The van der Waals surface area contributed by atoms with Gasteiger partial charge in [0, 0.05) is 18.1 Å². The fourth-order valence-electron chi connectivity index (χ4n) is 2.15. The molecule has 0 saturated carbocycles. The Balaban J connectivity index is 1.92. The van der Waals surface area contributed by atoms with E-state index in [2.05, 4.69) is 5.10 Å². The number of carbonyl (C=O) groups excluding carboxylic acids is 1. The van der Waals surface area contributed by atoms with Crippen LogP contribution in [0.1, 0.15) is 10.4 Å². The van der Waals surface area contributed by atoms with Crippen LogP contribution in [0.4, 0.5) is 5.69 Å². The summed E-state index contributed by atoms with van der Waals surface area (Å²) in [5.41, 5.74) is 6.09. The van der Waals surface area contributed by atoms with Crippen molar-refractivity contribution in [2.45, 2.75) is 11.4 Å². The summed E-state index contributed by atoms with van der Waals surface area (Å²) in [6.07, 6.45) is 3.30. The summed E-state index contributed by atoms with van der Waals surface area (Å²) < 4.78 is 27.0. The Morgan fingerprint density at radius 1 is 1.25 bits per heavy atom. The highest BCUT2D eigenvalue weighted by molar-refractivity contribution is 7.90. The molecule has 0 saturated heterocycles. The molecule has 2 N–H and O–H groups in total. The molecule has 20 heavy (non-hydrogen) atoms. The van der Waals surface area contributed by atoms with Gasteiger partial charge in [-0.1, -0.05) is 0 Å². The molecule has 1 aromatic carbocycles. The first-order valence-corrected chi connectivity index (χ1v) is 7.38. The van der Waals surface area contributed by atoms with Crippen LogP contribution in [0.15, 0.2) is 41.6 Å². The number of hydrogen-bond acceptors (Lipinski definition) is 5. The molecule has 1 amide bonds. The number of carbonyl (C=O) groups is 1. The maximum Gasteiger partial charge on any atom is 0.269 e. The lowest BCUT2D eigenvalue weighted by Crippen LogP contribution is -2.33. The van der Waals surface area contributed by atoms with Crippen molar-refractivity contribution in [2.75, 3.05) is 12.3 Å². The van der Waals surface area contributed by atoms with Gasteiger partial charge in [0.2, 0.25) is 0 Å². The molecule has 7 nitrogen and oxygen atoms in total. The molecule has 104 valence electrons. The van der Waals surface area contributed by atoms with Crippen molar-refractivity contribution >= 4 is 21.6 Å². The molecule has 0 spiro atoms. The van der Waals surface area contributed by atoms with Crippen LogP contribution in [-0.4, -0.2) is 35.0 Å². The summed E-state index contributed by atoms with van der Waals surface area (Å²) in [7, 11) is -3.78. The highest BCUT2D eigenvalue weighted by Gasteiger charge is 2.40. The maximum atomic E-state index is 12.3. The van der Waals surface area contributed by atoms with E-state index in [-0.39, 0.29) is 17.0 Å². The minimum Gasteiger partial charge on any atom is -0.399 e. The van der Waals surface area contributed by atoms with E-state index in [1.807, 2.05) is 0 Å². The van der Waals surface area contributed by atoms with Crippen molar-refractivity contribution in [3.63, 3.8) is 0 Å². The van der Waals surface area contributed by atoms with Gasteiger partial charge in [-0.15, -0.1) is 0 Å². The third-order valence-corrected chi connectivity index (χ3v) is 4.96. The number of nitrogen functional groups attached to an aromatic ring is 1. The van der Waals surface area contributed by atoms with Crippen molar-refractivity contribution in [3.05, 3.63) is 42.2 Å². The Bertz CT molecular complexity index is 768. The van der Waals surface area contributed by atoms with Crippen molar-refractivity contribution in [2.24, 2.45) is 0 Å². The second kappa shape index (κ2) is 4.34. The topological polar surface area (TPSA) is 98.3 Å². The van der Waals surface area contributed by atoms with Crippen LogP contribution in [0.3, 0.4) is 0 Å². The van der Waals surface area contributed by atoms with Gasteiger partial charge in [-0.25, -0.2) is 12.7 Å². The van der Waals surface area contributed by atoms with Gasteiger partial charge >= 0.3 is 0 Å². The lowest BCUT2D eigenvalue weighted by atomic mass is 10.2. The molecule has 0 aliphatic carbocycles. The fraction of sp³-hybridized carbons (Fsp3) is 0.167. The number of aromatic nitrogens is 2. The van der Waals surface area contributed by atoms with Crippen molar-refractivity contribution < 1.29 is 13.2 Å². The summed E-state index contributed by atoms with van der Waals surface area (Å²) in [6.45, 7) is 0.346. The number of rotatable bonds is 3. The zero-order valence-electron chi connectivity index (χ0n) is 10.4. The molecule has 0 unspecified atom stereocenters. The van der Waals surface area contributed by atoms with Crippen LogP contribution in [0.5, 0.6) is 0 Å². The lowest BCUT2D eigenvalue weighted by molar-refractivity contribution is 0.0867. The Hall–Kier alpha value is -2.35. The van der Waals surface area contributed by atoms with E-state index in [0.717, 1.165) is 4.31 Å². The monoisotopic (exact) mass is 292 g/mol. The zero-order valence-corrected chi connectivity index (χ0v) is 11.2.